The molecular weight excluding hydrogens is 386 g/mol. The molecule has 0 saturated heterocycles. The molecule has 0 fully saturated rings. The summed E-state index contributed by atoms with van der Waals surface area (Å²) >= 11 is 6.16. The number of esters is 1. The van der Waals surface area contributed by atoms with Gasteiger partial charge < -0.3 is 15.5 Å². The Bertz CT molecular complexity index is 896. The van der Waals surface area contributed by atoms with E-state index in [0.717, 1.165) is 33.5 Å². The van der Waals surface area contributed by atoms with Crippen molar-refractivity contribution in [3.05, 3.63) is 58.1 Å². The summed E-state index contributed by atoms with van der Waals surface area (Å²) in [4.78, 5) is 12.8. The third-order valence-electron chi connectivity index (χ3n) is 5.78. The number of anilines is 2. The van der Waals surface area contributed by atoms with Crippen LogP contribution in [0.15, 0.2) is 30.3 Å². The van der Waals surface area contributed by atoms with Crippen molar-refractivity contribution in [3.8, 4) is 0 Å². The van der Waals surface area contributed by atoms with Gasteiger partial charge in [0.15, 0.2) is 0 Å². The number of alkyl halides is 1. The normalized spacial score (nSPS) is 12.6. The molecule has 1 atom stereocenters. The fourth-order valence-corrected chi connectivity index (χ4v) is 4.13. The Balaban J connectivity index is 2.76. The number of rotatable bonds is 7. The lowest BCUT2D eigenvalue weighted by Gasteiger charge is -2.35. The Kier molecular flexibility index (Phi) is 7.20. The lowest BCUT2D eigenvalue weighted by atomic mass is 9.69. The molecule has 0 heterocycles. The maximum absolute atomic E-state index is 12.8. The number of carbonyl (C=O) groups excluding carboxylic acids is 1. The number of carbonyl (C=O) groups is 1. The molecule has 0 aliphatic carbocycles. The van der Waals surface area contributed by atoms with Crippen LogP contribution in [-0.2, 0) is 15.4 Å². The van der Waals surface area contributed by atoms with Crippen LogP contribution in [0.5, 0.6) is 0 Å². The number of hydrogen-bond donors (Lipinski definition) is 2. The zero-order valence-electron chi connectivity index (χ0n) is 18.2. The molecule has 1 unspecified atom stereocenters. The van der Waals surface area contributed by atoms with Crippen LogP contribution < -0.4 is 16.6 Å². The number of halogens is 1. The van der Waals surface area contributed by atoms with E-state index in [1.165, 1.54) is 7.11 Å². The summed E-state index contributed by atoms with van der Waals surface area (Å²) in [5.41, 5.74) is 12.0. The molecule has 2 aromatic carbocycles. The van der Waals surface area contributed by atoms with Crippen LogP contribution in [-0.4, -0.2) is 19.6 Å². The SMILES string of the molecule is CCN(N)c1ccc(C(c2ccc(C)c(CCl)c2)C(C)(C)C(=O)OC)c(C)c1N. The van der Waals surface area contributed by atoms with Crippen molar-refractivity contribution in [1.29, 1.82) is 0 Å². The van der Waals surface area contributed by atoms with Crippen molar-refractivity contribution in [1.82, 2.24) is 0 Å². The predicted octanol–water partition coefficient (Wildman–Crippen LogP) is 4.66. The summed E-state index contributed by atoms with van der Waals surface area (Å²) in [7, 11) is 1.42. The molecule has 0 saturated carbocycles. The molecule has 2 aromatic rings. The summed E-state index contributed by atoms with van der Waals surface area (Å²) in [6, 6.07) is 10.1. The number of hydrazine groups is 1. The Morgan fingerprint density at radius 3 is 2.45 bits per heavy atom. The molecule has 29 heavy (non-hydrogen) atoms. The highest BCUT2D eigenvalue weighted by Gasteiger charge is 2.41. The van der Waals surface area contributed by atoms with E-state index >= 15 is 0 Å². The topological polar surface area (TPSA) is 81.6 Å². The van der Waals surface area contributed by atoms with Crippen LogP contribution in [0.3, 0.4) is 0 Å². The van der Waals surface area contributed by atoms with Gasteiger partial charge in [-0.3, -0.25) is 4.79 Å². The highest BCUT2D eigenvalue weighted by Crippen LogP contribution is 2.45. The smallest absolute Gasteiger partial charge is 0.312 e. The first-order valence-electron chi connectivity index (χ1n) is 9.75. The second-order valence-corrected chi connectivity index (χ2v) is 8.23. The summed E-state index contributed by atoms with van der Waals surface area (Å²) < 4.78 is 5.14. The molecule has 0 aromatic heterocycles. The van der Waals surface area contributed by atoms with Crippen molar-refractivity contribution in [3.63, 3.8) is 0 Å². The first kappa shape index (κ1) is 23.0. The van der Waals surface area contributed by atoms with Crippen molar-refractivity contribution >= 4 is 28.9 Å². The molecule has 5 nitrogen and oxygen atoms in total. The van der Waals surface area contributed by atoms with Crippen LogP contribution in [0.1, 0.15) is 54.5 Å². The van der Waals surface area contributed by atoms with E-state index < -0.39 is 5.41 Å². The third kappa shape index (κ3) is 4.36. The fraction of sp³-hybridized carbons (Fsp3) is 0.435. The van der Waals surface area contributed by atoms with Gasteiger partial charge in [0.05, 0.1) is 23.9 Å². The summed E-state index contributed by atoms with van der Waals surface area (Å²) in [6.45, 7) is 10.4. The molecule has 0 amide bonds. The molecule has 2 rings (SSSR count). The number of hydrogen-bond acceptors (Lipinski definition) is 5. The van der Waals surface area contributed by atoms with Gasteiger partial charge in [-0.2, -0.15) is 0 Å². The molecule has 0 aliphatic heterocycles. The zero-order chi connectivity index (χ0) is 21.9. The number of nitrogens with two attached hydrogens (primary N) is 2. The number of nitrogens with zero attached hydrogens (tertiary/aromatic N) is 1. The minimum absolute atomic E-state index is 0.262. The number of benzene rings is 2. The van der Waals surface area contributed by atoms with Crippen LogP contribution in [0.25, 0.3) is 0 Å². The standard InChI is InChI=1S/C23H32ClN3O2/c1-7-27(26)19-11-10-18(15(3)21(19)25)20(23(4,5)22(28)29-6)16-9-8-14(2)17(12-16)13-24/h8-12,20H,7,13,25-26H2,1-6H3. The van der Waals surface area contributed by atoms with Gasteiger partial charge in [-0.15, -0.1) is 11.6 Å². The second kappa shape index (κ2) is 9.06. The second-order valence-electron chi connectivity index (χ2n) is 7.96. The first-order chi connectivity index (χ1) is 13.6. The van der Waals surface area contributed by atoms with E-state index in [0.29, 0.717) is 18.1 Å². The fourth-order valence-electron chi connectivity index (χ4n) is 3.85. The minimum Gasteiger partial charge on any atom is -0.469 e. The molecule has 0 spiro atoms. The highest BCUT2D eigenvalue weighted by molar-refractivity contribution is 6.17. The summed E-state index contributed by atoms with van der Waals surface area (Å²) in [5.74, 6) is 5.93. The average Bonchev–Trinajstić information content (AvgIpc) is 2.71. The lowest BCUT2D eigenvalue weighted by molar-refractivity contribution is -0.151. The van der Waals surface area contributed by atoms with E-state index in [1.54, 1.807) is 5.01 Å². The van der Waals surface area contributed by atoms with Gasteiger partial charge in [0.2, 0.25) is 0 Å². The maximum atomic E-state index is 12.8. The summed E-state index contributed by atoms with van der Waals surface area (Å²) in [6.07, 6.45) is 0. The van der Waals surface area contributed by atoms with Crippen molar-refractivity contribution in [2.24, 2.45) is 11.3 Å². The predicted molar refractivity (Wildman–Crippen MR) is 121 cm³/mol. The molecular formula is C23H32ClN3O2. The van der Waals surface area contributed by atoms with E-state index in [9.17, 15) is 4.79 Å². The van der Waals surface area contributed by atoms with Crippen LogP contribution in [0, 0.1) is 19.3 Å². The van der Waals surface area contributed by atoms with E-state index in [1.807, 2.05) is 58.9 Å². The van der Waals surface area contributed by atoms with Gasteiger partial charge in [-0.1, -0.05) is 24.3 Å². The molecule has 6 heteroatoms. The average molecular weight is 418 g/mol. The van der Waals surface area contributed by atoms with Gasteiger partial charge in [0, 0.05) is 18.3 Å². The van der Waals surface area contributed by atoms with Gasteiger partial charge >= 0.3 is 5.97 Å². The van der Waals surface area contributed by atoms with Crippen LogP contribution in [0.4, 0.5) is 11.4 Å². The number of ether oxygens (including phenoxy) is 1. The van der Waals surface area contributed by atoms with Crippen molar-refractivity contribution in [2.75, 3.05) is 24.4 Å². The number of nitrogen functional groups attached to an aromatic ring is 1. The van der Waals surface area contributed by atoms with E-state index in [2.05, 4.69) is 6.07 Å². The van der Waals surface area contributed by atoms with Gasteiger partial charge in [0.1, 0.15) is 0 Å². The Morgan fingerprint density at radius 1 is 1.24 bits per heavy atom. The molecule has 0 aliphatic rings. The summed E-state index contributed by atoms with van der Waals surface area (Å²) in [5, 5.41) is 1.62. The van der Waals surface area contributed by atoms with Crippen molar-refractivity contribution in [2.45, 2.75) is 46.4 Å². The van der Waals surface area contributed by atoms with Crippen molar-refractivity contribution < 1.29 is 9.53 Å². The highest BCUT2D eigenvalue weighted by atomic mass is 35.5. The lowest BCUT2D eigenvalue weighted by Crippen LogP contribution is -2.34. The van der Waals surface area contributed by atoms with Gasteiger partial charge in [-0.05, 0) is 68.5 Å². The Hall–Kier alpha value is -2.24. The van der Waals surface area contributed by atoms with E-state index in [4.69, 9.17) is 27.9 Å². The third-order valence-corrected chi connectivity index (χ3v) is 6.07. The monoisotopic (exact) mass is 417 g/mol. The minimum atomic E-state index is -0.820. The van der Waals surface area contributed by atoms with Crippen LogP contribution in [0.2, 0.25) is 0 Å². The zero-order valence-corrected chi connectivity index (χ0v) is 18.9. The van der Waals surface area contributed by atoms with Crippen LogP contribution >= 0.6 is 11.6 Å². The quantitative estimate of drug-likeness (QED) is 0.225. The van der Waals surface area contributed by atoms with Gasteiger partial charge in [0.25, 0.3) is 0 Å². The molecule has 158 valence electrons. The number of methoxy groups -OCH3 is 1. The largest absolute Gasteiger partial charge is 0.469 e. The molecule has 0 bridgehead atoms. The number of aryl methyl sites for hydroxylation is 1. The Labute approximate surface area is 178 Å². The van der Waals surface area contributed by atoms with Gasteiger partial charge in [-0.25, -0.2) is 5.84 Å². The molecule has 4 N–H and O–H groups in total. The molecule has 0 radical (unpaired) electrons. The Morgan fingerprint density at radius 2 is 1.90 bits per heavy atom. The van der Waals surface area contributed by atoms with E-state index in [-0.39, 0.29) is 11.9 Å². The maximum Gasteiger partial charge on any atom is 0.312 e. The first-order valence-corrected chi connectivity index (χ1v) is 10.3.